The molecule has 0 spiro atoms. The minimum absolute atomic E-state index is 0. The molecule has 1 unspecified atom stereocenters. The lowest BCUT2D eigenvalue weighted by atomic mass is 10.00. The fourth-order valence-corrected chi connectivity index (χ4v) is 2.38. The Labute approximate surface area is 138 Å². The molecule has 1 atom stereocenters. The monoisotopic (exact) mass is 328 g/mol. The molecule has 1 fully saturated rings. The maximum atomic E-state index is 12.1. The van der Waals surface area contributed by atoms with Crippen LogP contribution in [0.1, 0.15) is 23.2 Å². The Kier molecular flexibility index (Phi) is 8.89. The Morgan fingerprint density at radius 3 is 2.73 bits per heavy atom. The molecule has 0 bridgehead atoms. The fraction of sp³-hybridized carbons (Fsp3) is 0.562. The van der Waals surface area contributed by atoms with Crippen molar-refractivity contribution in [2.75, 3.05) is 40.0 Å². The number of hydrogen-bond acceptors (Lipinski definition) is 4. The van der Waals surface area contributed by atoms with Gasteiger partial charge in [0.1, 0.15) is 12.4 Å². The van der Waals surface area contributed by atoms with Crippen molar-refractivity contribution in [2.45, 2.75) is 12.8 Å². The summed E-state index contributed by atoms with van der Waals surface area (Å²) in [5.41, 5.74) is 0.665. The molecule has 5 nitrogen and oxygen atoms in total. The highest BCUT2D eigenvalue weighted by Gasteiger charge is 2.14. The number of halogens is 1. The van der Waals surface area contributed by atoms with E-state index in [2.05, 4.69) is 10.6 Å². The summed E-state index contributed by atoms with van der Waals surface area (Å²) in [6.45, 7) is 3.88. The van der Waals surface area contributed by atoms with Crippen LogP contribution in [0.5, 0.6) is 5.75 Å². The highest BCUT2D eigenvalue weighted by Crippen LogP contribution is 2.13. The van der Waals surface area contributed by atoms with Gasteiger partial charge in [0.15, 0.2) is 0 Å². The van der Waals surface area contributed by atoms with Crippen molar-refractivity contribution in [2.24, 2.45) is 5.92 Å². The van der Waals surface area contributed by atoms with E-state index >= 15 is 0 Å². The molecule has 6 heteroatoms. The summed E-state index contributed by atoms with van der Waals surface area (Å²) < 4.78 is 10.4. The van der Waals surface area contributed by atoms with Gasteiger partial charge in [-0.2, -0.15) is 0 Å². The number of methoxy groups -OCH3 is 1. The molecule has 124 valence electrons. The van der Waals surface area contributed by atoms with Crippen LogP contribution < -0.4 is 15.4 Å². The number of hydrogen-bond donors (Lipinski definition) is 2. The summed E-state index contributed by atoms with van der Waals surface area (Å²) >= 11 is 0. The molecule has 0 saturated carbocycles. The van der Waals surface area contributed by atoms with E-state index in [1.54, 1.807) is 19.2 Å². The van der Waals surface area contributed by atoms with Crippen molar-refractivity contribution < 1.29 is 14.3 Å². The number of carbonyl (C=O) groups excluding carboxylic acids is 1. The van der Waals surface area contributed by atoms with Crippen molar-refractivity contribution in [1.29, 1.82) is 0 Å². The molecule has 1 aliphatic heterocycles. The summed E-state index contributed by atoms with van der Waals surface area (Å²) in [6.07, 6.45) is 2.37. The van der Waals surface area contributed by atoms with Crippen molar-refractivity contribution in [1.82, 2.24) is 10.6 Å². The third kappa shape index (κ3) is 6.22. The standard InChI is InChI=1S/C16H24N2O3.ClH/c1-20-9-10-21-15-6-4-14(5-7-15)16(19)18-12-13-3-2-8-17-11-13;/h4-7,13,17H,2-3,8-12H2,1H3,(H,18,19);1H. The van der Waals surface area contributed by atoms with E-state index in [0.29, 0.717) is 24.7 Å². The zero-order valence-corrected chi connectivity index (χ0v) is 13.8. The smallest absolute Gasteiger partial charge is 0.251 e. The highest BCUT2D eigenvalue weighted by atomic mass is 35.5. The van der Waals surface area contributed by atoms with Crippen molar-refractivity contribution >= 4 is 18.3 Å². The lowest BCUT2D eigenvalue weighted by molar-refractivity contribution is 0.0944. The van der Waals surface area contributed by atoms with Crippen LogP contribution in [0.25, 0.3) is 0 Å². The molecule has 1 aromatic rings. The normalized spacial score (nSPS) is 17.4. The summed E-state index contributed by atoms with van der Waals surface area (Å²) in [7, 11) is 1.64. The van der Waals surface area contributed by atoms with Gasteiger partial charge in [0.25, 0.3) is 5.91 Å². The average molecular weight is 329 g/mol. The molecule has 1 amide bonds. The van der Waals surface area contributed by atoms with E-state index in [1.165, 1.54) is 12.8 Å². The van der Waals surface area contributed by atoms with Gasteiger partial charge in [-0.15, -0.1) is 12.4 Å². The van der Waals surface area contributed by atoms with Gasteiger partial charge in [0.05, 0.1) is 6.61 Å². The molecular weight excluding hydrogens is 304 g/mol. The predicted octanol–water partition coefficient (Wildman–Crippen LogP) is 1.86. The van der Waals surface area contributed by atoms with Crippen LogP contribution in [0.4, 0.5) is 0 Å². The quantitative estimate of drug-likeness (QED) is 0.750. The van der Waals surface area contributed by atoms with Gasteiger partial charge in [0.2, 0.25) is 0 Å². The Hall–Kier alpha value is -1.30. The largest absolute Gasteiger partial charge is 0.491 e. The third-order valence-corrected chi connectivity index (χ3v) is 3.62. The maximum Gasteiger partial charge on any atom is 0.251 e. The summed E-state index contributed by atoms with van der Waals surface area (Å²) in [5.74, 6) is 1.27. The van der Waals surface area contributed by atoms with Crippen LogP contribution in [0, 0.1) is 5.92 Å². The number of nitrogens with one attached hydrogen (secondary N) is 2. The predicted molar refractivity (Wildman–Crippen MR) is 89.0 cm³/mol. The van der Waals surface area contributed by atoms with E-state index in [9.17, 15) is 4.79 Å². The maximum absolute atomic E-state index is 12.1. The molecule has 0 aromatic heterocycles. The van der Waals surface area contributed by atoms with Gasteiger partial charge < -0.3 is 20.1 Å². The summed E-state index contributed by atoms with van der Waals surface area (Å²) in [4.78, 5) is 12.1. The molecule has 2 N–H and O–H groups in total. The molecule has 1 aromatic carbocycles. The molecule has 1 saturated heterocycles. The minimum Gasteiger partial charge on any atom is -0.491 e. The number of benzene rings is 1. The van der Waals surface area contributed by atoms with Crippen LogP contribution in [-0.2, 0) is 4.74 Å². The number of rotatable bonds is 7. The summed E-state index contributed by atoms with van der Waals surface area (Å²) in [6, 6.07) is 7.20. The van der Waals surface area contributed by atoms with Crippen molar-refractivity contribution in [3.63, 3.8) is 0 Å². The first kappa shape index (κ1) is 18.7. The van der Waals surface area contributed by atoms with Gasteiger partial charge in [-0.1, -0.05) is 0 Å². The second kappa shape index (κ2) is 10.4. The molecule has 22 heavy (non-hydrogen) atoms. The number of ether oxygens (including phenoxy) is 2. The number of amides is 1. The first-order valence-corrected chi connectivity index (χ1v) is 7.50. The Balaban J connectivity index is 0.00000242. The van der Waals surface area contributed by atoms with E-state index in [0.717, 1.165) is 25.4 Å². The minimum atomic E-state index is -0.0241. The first-order valence-electron chi connectivity index (χ1n) is 7.50. The number of piperidine rings is 1. The fourth-order valence-electron chi connectivity index (χ4n) is 2.38. The Bertz CT molecular complexity index is 434. The van der Waals surface area contributed by atoms with Gasteiger partial charge >= 0.3 is 0 Å². The van der Waals surface area contributed by atoms with E-state index < -0.39 is 0 Å². The molecular formula is C16H25ClN2O3. The van der Waals surface area contributed by atoms with Gasteiger partial charge in [0, 0.05) is 19.2 Å². The van der Waals surface area contributed by atoms with Gasteiger partial charge in [-0.05, 0) is 56.1 Å². The van der Waals surface area contributed by atoms with Crippen LogP contribution in [0.2, 0.25) is 0 Å². The second-order valence-corrected chi connectivity index (χ2v) is 5.29. The van der Waals surface area contributed by atoms with Crippen molar-refractivity contribution in [3.8, 4) is 5.75 Å². The third-order valence-electron chi connectivity index (χ3n) is 3.62. The van der Waals surface area contributed by atoms with Crippen LogP contribution in [0.15, 0.2) is 24.3 Å². The summed E-state index contributed by atoms with van der Waals surface area (Å²) in [5, 5.41) is 6.35. The zero-order chi connectivity index (χ0) is 14.9. The first-order chi connectivity index (χ1) is 10.3. The average Bonchev–Trinajstić information content (AvgIpc) is 2.54. The molecule has 0 aliphatic carbocycles. The number of carbonyl (C=O) groups is 1. The second-order valence-electron chi connectivity index (χ2n) is 5.29. The SMILES string of the molecule is COCCOc1ccc(C(=O)NCC2CCCNC2)cc1.Cl. The zero-order valence-electron chi connectivity index (χ0n) is 13.0. The van der Waals surface area contributed by atoms with Gasteiger partial charge in [-0.25, -0.2) is 0 Å². The topological polar surface area (TPSA) is 59.6 Å². The van der Waals surface area contributed by atoms with E-state index in [1.807, 2.05) is 12.1 Å². The Morgan fingerprint density at radius 2 is 2.09 bits per heavy atom. The van der Waals surface area contributed by atoms with Gasteiger partial charge in [-0.3, -0.25) is 4.79 Å². The van der Waals surface area contributed by atoms with Crippen molar-refractivity contribution in [3.05, 3.63) is 29.8 Å². The molecule has 2 rings (SSSR count). The van der Waals surface area contributed by atoms with E-state index in [4.69, 9.17) is 9.47 Å². The van der Waals surface area contributed by atoms with Crippen LogP contribution >= 0.6 is 12.4 Å². The van der Waals surface area contributed by atoms with Crippen LogP contribution in [0.3, 0.4) is 0 Å². The highest BCUT2D eigenvalue weighted by molar-refractivity contribution is 5.94. The lowest BCUT2D eigenvalue weighted by Crippen LogP contribution is -2.38. The van der Waals surface area contributed by atoms with Crippen LogP contribution in [-0.4, -0.2) is 45.9 Å². The molecule has 0 radical (unpaired) electrons. The molecule has 1 heterocycles. The molecule has 1 aliphatic rings. The lowest BCUT2D eigenvalue weighted by Gasteiger charge is -2.22. The Morgan fingerprint density at radius 1 is 1.32 bits per heavy atom. The van der Waals surface area contributed by atoms with E-state index in [-0.39, 0.29) is 18.3 Å².